The Kier molecular flexibility index (Phi) is 3.55. The zero-order valence-corrected chi connectivity index (χ0v) is 12.5. The molecule has 0 unspecified atom stereocenters. The van der Waals surface area contributed by atoms with Crippen LogP contribution in [0.15, 0.2) is 18.2 Å². The molecule has 0 amide bonds. The van der Waals surface area contributed by atoms with Gasteiger partial charge in [0.25, 0.3) is 0 Å². The molecular weight excluding hydrogens is 242 g/mol. The van der Waals surface area contributed by atoms with Crippen molar-refractivity contribution in [3.63, 3.8) is 0 Å². The van der Waals surface area contributed by atoms with E-state index in [4.69, 9.17) is 11.6 Å². The molecule has 1 nitrogen and oxygen atoms in total. The minimum Gasteiger partial charge on any atom is -0.392 e. The molecule has 1 N–H and O–H groups in total. The summed E-state index contributed by atoms with van der Waals surface area (Å²) < 4.78 is 0. The van der Waals surface area contributed by atoms with Gasteiger partial charge in [0.2, 0.25) is 0 Å². The second-order valence-electron chi connectivity index (χ2n) is 6.88. The highest BCUT2D eigenvalue weighted by atomic mass is 35.5. The van der Waals surface area contributed by atoms with E-state index < -0.39 is 0 Å². The van der Waals surface area contributed by atoms with E-state index in [9.17, 15) is 5.11 Å². The maximum atomic E-state index is 9.31. The minimum absolute atomic E-state index is 0.0200. The number of halogens is 1. The van der Waals surface area contributed by atoms with Gasteiger partial charge in [-0.2, -0.15) is 0 Å². The first-order valence-corrected chi connectivity index (χ1v) is 7.04. The van der Waals surface area contributed by atoms with E-state index in [0.717, 1.165) is 5.56 Å². The van der Waals surface area contributed by atoms with Crippen molar-refractivity contribution < 1.29 is 5.11 Å². The van der Waals surface area contributed by atoms with Gasteiger partial charge in [-0.3, -0.25) is 0 Å². The first-order valence-electron chi connectivity index (χ1n) is 6.66. The van der Waals surface area contributed by atoms with Crippen LogP contribution in [0, 0.1) is 10.8 Å². The monoisotopic (exact) mass is 264 g/mol. The SMILES string of the molecule is CC1(C)CB(c2ccc(Cl)c(CO)c2)CC1(C)C. The molecule has 1 saturated heterocycles. The smallest absolute Gasteiger partial charge is 0.176 e. The fourth-order valence-electron chi connectivity index (χ4n) is 3.06. The molecule has 0 aliphatic carbocycles. The fourth-order valence-corrected chi connectivity index (χ4v) is 3.24. The number of aliphatic hydroxyl groups excluding tert-OH is 1. The van der Waals surface area contributed by atoms with E-state index in [-0.39, 0.29) is 6.61 Å². The second-order valence-corrected chi connectivity index (χ2v) is 7.29. The summed E-state index contributed by atoms with van der Waals surface area (Å²) >= 11 is 6.06. The second kappa shape index (κ2) is 4.57. The van der Waals surface area contributed by atoms with Gasteiger partial charge in [0.05, 0.1) is 6.61 Å². The summed E-state index contributed by atoms with van der Waals surface area (Å²) in [7, 11) is 0. The van der Waals surface area contributed by atoms with Crippen molar-refractivity contribution in [3.05, 3.63) is 28.8 Å². The van der Waals surface area contributed by atoms with E-state index in [0.29, 0.717) is 22.6 Å². The lowest BCUT2D eigenvalue weighted by Crippen LogP contribution is -2.28. The van der Waals surface area contributed by atoms with Gasteiger partial charge in [0, 0.05) is 5.02 Å². The Balaban J connectivity index is 2.30. The Bertz CT molecular complexity index is 438. The Morgan fingerprint density at radius 2 is 1.72 bits per heavy atom. The Morgan fingerprint density at radius 3 is 2.22 bits per heavy atom. The van der Waals surface area contributed by atoms with Crippen molar-refractivity contribution in [3.8, 4) is 0 Å². The summed E-state index contributed by atoms with van der Waals surface area (Å²) in [5.74, 6) is 0. The first kappa shape index (κ1) is 14.0. The van der Waals surface area contributed by atoms with Crippen LogP contribution >= 0.6 is 11.6 Å². The molecular formula is C15H22BClO. The molecule has 98 valence electrons. The van der Waals surface area contributed by atoms with Crippen LogP contribution in [0.1, 0.15) is 33.3 Å². The lowest BCUT2D eigenvalue weighted by atomic mass is 9.42. The van der Waals surface area contributed by atoms with Crippen LogP contribution < -0.4 is 5.46 Å². The average Bonchev–Trinajstić information content (AvgIpc) is 2.49. The van der Waals surface area contributed by atoms with E-state index in [1.165, 1.54) is 18.1 Å². The quantitative estimate of drug-likeness (QED) is 0.809. The predicted molar refractivity (Wildman–Crippen MR) is 79.9 cm³/mol. The minimum atomic E-state index is 0.0200. The zero-order chi connectivity index (χ0) is 13.6. The maximum absolute atomic E-state index is 9.31. The van der Waals surface area contributed by atoms with Gasteiger partial charge in [-0.15, -0.1) is 0 Å². The fraction of sp³-hybridized carbons (Fsp3) is 0.600. The van der Waals surface area contributed by atoms with Crippen LogP contribution in [0.4, 0.5) is 0 Å². The summed E-state index contributed by atoms with van der Waals surface area (Å²) in [4.78, 5) is 0. The van der Waals surface area contributed by atoms with Gasteiger partial charge in [-0.1, -0.05) is 69.5 Å². The van der Waals surface area contributed by atoms with E-state index >= 15 is 0 Å². The van der Waals surface area contributed by atoms with Crippen LogP contribution in [0.25, 0.3) is 0 Å². The number of hydrogen-bond acceptors (Lipinski definition) is 1. The van der Waals surface area contributed by atoms with Crippen molar-refractivity contribution in [2.45, 2.75) is 46.9 Å². The highest BCUT2D eigenvalue weighted by Crippen LogP contribution is 2.52. The molecule has 0 atom stereocenters. The summed E-state index contributed by atoms with van der Waals surface area (Å²) in [5.41, 5.74) is 2.88. The van der Waals surface area contributed by atoms with E-state index in [2.05, 4.69) is 39.8 Å². The standard InChI is InChI=1S/C15H22BClO/c1-14(2)9-16(10-15(14,3)4)12-5-6-13(17)11(7-12)8-18/h5-7,18H,8-10H2,1-4H3. The maximum Gasteiger partial charge on any atom is 0.176 e. The lowest BCUT2D eigenvalue weighted by molar-refractivity contribution is 0.177. The molecule has 0 radical (unpaired) electrons. The summed E-state index contributed by atoms with van der Waals surface area (Å²) in [6, 6.07) is 6.11. The highest BCUT2D eigenvalue weighted by Gasteiger charge is 2.47. The first-order chi connectivity index (χ1) is 8.27. The van der Waals surface area contributed by atoms with Gasteiger partial charge in [-0.25, -0.2) is 0 Å². The number of hydrogen-bond donors (Lipinski definition) is 1. The predicted octanol–water partition coefficient (Wildman–Crippen LogP) is 3.60. The molecule has 2 rings (SSSR count). The molecule has 1 aliphatic heterocycles. The van der Waals surface area contributed by atoms with Crippen LogP contribution in [-0.2, 0) is 6.61 Å². The third-order valence-corrected chi connectivity index (χ3v) is 5.43. The van der Waals surface area contributed by atoms with Crippen molar-refractivity contribution >= 4 is 23.8 Å². The van der Waals surface area contributed by atoms with Crippen LogP contribution in [-0.4, -0.2) is 11.8 Å². The van der Waals surface area contributed by atoms with Gasteiger partial charge in [0.1, 0.15) is 0 Å². The van der Waals surface area contributed by atoms with Gasteiger partial charge < -0.3 is 5.11 Å². The summed E-state index contributed by atoms with van der Waals surface area (Å²) in [5, 5.41) is 9.97. The molecule has 0 spiro atoms. The largest absolute Gasteiger partial charge is 0.392 e. The Labute approximate surface area is 116 Å². The number of aliphatic hydroxyl groups is 1. The normalized spacial score (nSPS) is 21.3. The third kappa shape index (κ3) is 2.33. The van der Waals surface area contributed by atoms with E-state index in [1.807, 2.05) is 6.07 Å². The third-order valence-electron chi connectivity index (χ3n) is 5.06. The van der Waals surface area contributed by atoms with Gasteiger partial charge in [0.15, 0.2) is 6.71 Å². The molecule has 1 aromatic rings. The number of rotatable bonds is 2. The summed E-state index contributed by atoms with van der Waals surface area (Å²) in [6.07, 6.45) is 2.40. The molecule has 1 heterocycles. The van der Waals surface area contributed by atoms with Crippen molar-refractivity contribution in [2.75, 3.05) is 0 Å². The lowest BCUT2D eigenvalue weighted by Gasteiger charge is -2.35. The molecule has 18 heavy (non-hydrogen) atoms. The average molecular weight is 265 g/mol. The van der Waals surface area contributed by atoms with Crippen LogP contribution in [0.5, 0.6) is 0 Å². The molecule has 0 aromatic heterocycles. The van der Waals surface area contributed by atoms with Crippen molar-refractivity contribution in [1.82, 2.24) is 0 Å². The van der Waals surface area contributed by atoms with E-state index in [1.54, 1.807) is 0 Å². The van der Waals surface area contributed by atoms with Crippen molar-refractivity contribution in [2.24, 2.45) is 10.8 Å². The molecule has 0 bridgehead atoms. The molecule has 1 aromatic carbocycles. The Morgan fingerprint density at radius 1 is 1.17 bits per heavy atom. The molecule has 1 fully saturated rings. The van der Waals surface area contributed by atoms with Crippen LogP contribution in [0.2, 0.25) is 17.7 Å². The van der Waals surface area contributed by atoms with Gasteiger partial charge >= 0.3 is 0 Å². The molecule has 0 saturated carbocycles. The van der Waals surface area contributed by atoms with Crippen LogP contribution in [0.3, 0.4) is 0 Å². The van der Waals surface area contributed by atoms with Crippen molar-refractivity contribution in [1.29, 1.82) is 0 Å². The van der Waals surface area contributed by atoms with Gasteiger partial charge in [-0.05, 0) is 22.5 Å². The zero-order valence-electron chi connectivity index (χ0n) is 11.8. The summed E-state index contributed by atoms with van der Waals surface area (Å²) in [6.45, 7) is 10.0. The highest BCUT2D eigenvalue weighted by molar-refractivity contribution is 6.74. The topological polar surface area (TPSA) is 20.2 Å². The Hall–Kier alpha value is -0.465. The number of benzene rings is 1. The molecule has 3 heteroatoms. The molecule has 1 aliphatic rings.